The number of halogens is 2. The average Bonchev–Trinajstić information content (AvgIpc) is 3.24. The molecule has 1 aliphatic heterocycles. The number of piperidine rings is 1. The van der Waals surface area contributed by atoms with E-state index in [0.29, 0.717) is 30.6 Å². The molecule has 3 heterocycles. The number of carbonyl (C=O) groups is 1. The van der Waals surface area contributed by atoms with Gasteiger partial charge >= 0.3 is 0 Å². The smallest absolute Gasteiger partial charge is 0.267 e. The van der Waals surface area contributed by atoms with Crippen LogP contribution in [0.25, 0.3) is 11.6 Å². The molecule has 1 fully saturated rings. The molecule has 0 N–H and O–H groups in total. The van der Waals surface area contributed by atoms with E-state index in [1.807, 2.05) is 0 Å². The third-order valence-corrected chi connectivity index (χ3v) is 4.58. The fourth-order valence-corrected chi connectivity index (χ4v) is 3.18. The molecule has 1 aliphatic rings. The van der Waals surface area contributed by atoms with Crippen LogP contribution in [0.3, 0.4) is 0 Å². The van der Waals surface area contributed by atoms with Crippen LogP contribution in [0, 0.1) is 11.6 Å². The largest absolute Gasteiger partial charge is 0.481 e. The molecule has 29 heavy (non-hydrogen) atoms. The highest BCUT2D eigenvalue weighted by Crippen LogP contribution is 2.31. The highest BCUT2D eigenvalue weighted by atomic mass is 19.1. The Kier molecular flexibility index (Phi) is 5.41. The molecule has 8 nitrogen and oxygen atoms in total. The summed E-state index contributed by atoms with van der Waals surface area (Å²) in [5.41, 5.74) is 0.440. The van der Waals surface area contributed by atoms with E-state index >= 15 is 0 Å². The van der Waals surface area contributed by atoms with Gasteiger partial charge in [0, 0.05) is 25.0 Å². The van der Waals surface area contributed by atoms with Gasteiger partial charge in [-0.3, -0.25) is 9.78 Å². The van der Waals surface area contributed by atoms with Crippen LogP contribution in [0.2, 0.25) is 0 Å². The number of hydrogen-bond donors (Lipinski definition) is 0. The summed E-state index contributed by atoms with van der Waals surface area (Å²) in [4.78, 5) is 22.4. The van der Waals surface area contributed by atoms with E-state index < -0.39 is 17.7 Å². The highest BCUT2D eigenvalue weighted by molar-refractivity contribution is 5.78. The Morgan fingerprint density at radius 1 is 1.24 bits per heavy atom. The van der Waals surface area contributed by atoms with Crippen LogP contribution in [0.4, 0.5) is 8.78 Å². The van der Waals surface area contributed by atoms with Crippen molar-refractivity contribution in [3.63, 3.8) is 0 Å². The maximum Gasteiger partial charge on any atom is 0.267 e. The lowest BCUT2D eigenvalue weighted by Gasteiger charge is -2.33. The van der Waals surface area contributed by atoms with Gasteiger partial charge < -0.3 is 14.1 Å². The van der Waals surface area contributed by atoms with E-state index in [0.717, 1.165) is 25.0 Å². The van der Waals surface area contributed by atoms with Crippen molar-refractivity contribution in [2.75, 3.05) is 13.2 Å². The minimum Gasteiger partial charge on any atom is -0.481 e. The first-order valence-electron chi connectivity index (χ1n) is 9.09. The van der Waals surface area contributed by atoms with Gasteiger partial charge in [-0.1, -0.05) is 0 Å². The van der Waals surface area contributed by atoms with Crippen LogP contribution in [-0.4, -0.2) is 44.1 Å². The molecule has 0 radical (unpaired) electrons. The zero-order chi connectivity index (χ0) is 20.2. The Hall–Kier alpha value is -3.43. The fraction of sp³-hybridized carbons (Fsp3) is 0.316. The monoisotopic (exact) mass is 401 g/mol. The number of carbonyl (C=O) groups excluding carboxylic acids is 1. The standard InChI is InChI=1S/C19H17F2N5O3/c20-12-4-5-16(13(21)9-12)28-11-17(27)26-8-2-1-3-15(26)19-25-24-18(29-19)14-10-22-6-7-23-14/h4-7,9-10,15H,1-3,8,11H2/t15-/m1/s1. The van der Waals surface area contributed by atoms with Crippen molar-refractivity contribution in [1.82, 2.24) is 25.1 Å². The molecule has 0 bridgehead atoms. The zero-order valence-corrected chi connectivity index (χ0v) is 15.3. The van der Waals surface area contributed by atoms with Gasteiger partial charge in [0.15, 0.2) is 18.2 Å². The van der Waals surface area contributed by atoms with Crippen molar-refractivity contribution in [1.29, 1.82) is 0 Å². The van der Waals surface area contributed by atoms with E-state index in [-0.39, 0.29) is 24.2 Å². The van der Waals surface area contributed by atoms with Crippen LogP contribution < -0.4 is 4.74 Å². The Labute approximate surface area is 164 Å². The zero-order valence-electron chi connectivity index (χ0n) is 15.3. The van der Waals surface area contributed by atoms with Gasteiger partial charge in [0.05, 0.1) is 6.20 Å². The molecule has 0 saturated carbocycles. The summed E-state index contributed by atoms with van der Waals surface area (Å²) in [5.74, 6) is -1.60. The highest BCUT2D eigenvalue weighted by Gasteiger charge is 2.32. The van der Waals surface area contributed by atoms with Crippen LogP contribution in [0.15, 0.2) is 41.2 Å². The quantitative estimate of drug-likeness (QED) is 0.649. The van der Waals surface area contributed by atoms with Crippen molar-refractivity contribution in [2.45, 2.75) is 25.3 Å². The molecule has 3 aromatic rings. The summed E-state index contributed by atoms with van der Waals surface area (Å²) in [6.07, 6.45) is 6.92. The normalized spacial score (nSPS) is 16.6. The van der Waals surface area contributed by atoms with Crippen molar-refractivity contribution < 1.29 is 22.7 Å². The van der Waals surface area contributed by atoms with Crippen molar-refractivity contribution in [2.24, 2.45) is 0 Å². The molecule has 10 heteroatoms. The van der Waals surface area contributed by atoms with E-state index in [4.69, 9.17) is 9.15 Å². The Balaban J connectivity index is 1.47. The van der Waals surface area contributed by atoms with Gasteiger partial charge in [0.2, 0.25) is 5.89 Å². The molecule has 0 unspecified atom stereocenters. The number of benzene rings is 1. The minimum absolute atomic E-state index is 0.184. The van der Waals surface area contributed by atoms with Crippen molar-refractivity contribution >= 4 is 5.91 Å². The molecule has 1 amide bonds. The molecular weight excluding hydrogens is 384 g/mol. The number of nitrogens with zero attached hydrogens (tertiary/aromatic N) is 5. The molecule has 1 aromatic carbocycles. The summed E-state index contributed by atoms with van der Waals surface area (Å²) in [6.45, 7) is 0.103. The number of hydrogen-bond acceptors (Lipinski definition) is 7. The van der Waals surface area contributed by atoms with Gasteiger partial charge in [-0.15, -0.1) is 10.2 Å². The number of aromatic nitrogens is 4. The number of ether oxygens (including phenoxy) is 1. The number of likely N-dealkylation sites (tertiary alicyclic amines) is 1. The van der Waals surface area contributed by atoms with E-state index in [9.17, 15) is 13.6 Å². The molecule has 4 rings (SSSR count). The summed E-state index contributed by atoms with van der Waals surface area (Å²) >= 11 is 0. The van der Waals surface area contributed by atoms with Crippen molar-refractivity contribution in [3.8, 4) is 17.3 Å². The van der Waals surface area contributed by atoms with Crippen LogP contribution in [-0.2, 0) is 4.79 Å². The van der Waals surface area contributed by atoms with Gasteiger partial charge in [-0.2, -0.15) is 0 Å². The Morgan fingerprint density at radius 3 is 2.93 bits per heavy atom. The molecule has 150 valence electrons. The molecule has 2 aromatic heterocycles. The van der Waals surface area contributed by atoms with E-state index in [1.165, 1.54) is 18.6 Å². The molecular formula is C19H17F2N5O3. The van der Waals surface area contributed by atoms with Crippen LogP contribution in [0.5, 0.6) is 5.75 Å². The molecule has 1 atom stereocenters. The lowest BCUT2D eigenvalue weighted by molar-refractivity contribution is -0.137. The van der Waals surface area contributed by atoms with Gasteiger partial charge in [-0.25, -0.2) is 13.8 Å². The molecule has 1 saturated heterocycles. The molecule has 0 spiro atoms. The van der Waals surface area contributed by atoms with Crippen LogP contribution in [0.1, 0.15) is 31.2 Å². The van der Waals surface area contributed by atoms with Crippen molar-refractivity contribution in [3.05, 3.63) is 54.3 Å². The predicted molar refractivity (Wildman–Crippen MR) is 95.5 cm³/mol. The van der Waals surface area contributed by atoms with Crippen LogP contribution >= 0.6 is 0 Å². The summed E-state index contributed by atoms with van der Waals surface area (Å²) < 4.78 is 37.7. The minimum atomic E-state index is -0.862. The average molecular weight is 401 g/mol. The van der Waals surface area contributed by atoms with Gasteiger partial charge in [0.25, 0.3) is 11.8 Å². The number of amides is 1. The Morgan fingerprint density at radius 2 is 2.14 bits per heavy atom. The summed E-state index contributed by atoms with van der Waals surface area (Å²) in [7, 11) is 0. The Bertz CT molecular complexity index is 999. The second-order valence-electron chi connectivity index (χ2n) is 6.50. The fourth-order valence-electron chi connectivity index (χ4n) is 3.18. The molecule has 0 aliphatic carbocycles. The second-order valence-corrected chi connectivity index (χ2v) is 6.50. The lowest BCUT2D eigenvalue weighted by atomic mass is 10.0. The van der Waals surface area contributed by atoms with Gasteiger partial charge in [-0.05, 0) is 31.4 Å². The maximum atomic E-state index is 13.7. The van der Waals surface area contributed by atoms with E-state index in [1.54, 1.807) is 4.90 Å². The van der Waals surface area contributed by atoms with Gasteiger partial charge in [0.1, 0.15) is 17.6 Å². The first kappa shape index (κ1) is 18.9. The lowest BCUT2D eigenvalue weighted by Crippen LogP contribution is -2.41. The third kappa shape index (κ3) is 4.20. The number of rotatable bonds is 5. The maximum absolute atomic E-state index is 13.7. The summed E-state index contributed by atoms with van der Waals surface area (Å²) in [6, 6.07) is 2.52. The predicted octanol–water partition coefficient (Wildman–Crippen LogP) is 2.94. The topological polar surface area (TPSA) is 94.2 Å². The summed E-state index contributed by atoms with van der Waals surface area (Å²) in [5, 5.41) is 8.07. The second kappa shape index (κ2) is 8.29. The first-order valence-corrected chi connectivity index (χ1v) is 9.09. The SMILES string of the molecule is O=C(COc1ccc(F)cc1F)N1CCCC[C@@H]1c1nnc(-c2cnccn2)o1. The van der Waals surface area contributed by atoms with E-state index in [2.05, 4.69) is 20.2 Å². The first-order chi connectivity index (χ1) is 14.1. The third-order valence-electron chi connectivity index (χ3n) is 4.58.